The molecule has 8 heteroatoms. The molecule has 1 fully saturated rings. The number of benzene rings is 2. The second-order valence-electron chi connectivity index (χ2n) is 8.80. The highest BCUT2D eigenvalue weighted by atomic mass is 19.1. The number of nitrogens with zero attached hydrogens (tertiary/aromatic N) is 4. The minimum atomic E-state index is -0.346. The van der Waals surface area contributed by atoms with Gasteiger partial charge < -0.3 is 15.1 Å². The van der Waals surface area contributed by atoms with Gasteiger partial charge in [-0.2, -0.15) is 0 Å². The summed E-state index contributed by atoms with van der Waals surface area (Å²) in [6, 6.07) is 13.0. The number of rotatable bonds is 5. The average Bonchev–Trinajstić information content (AvgIpc) is 3.33. The highest BCUT2D eigenvalue weighted by Crippen LogP contribution is 2.39. The molecule has 3 heterocycles. The van der Waals surface area contributed by atoms with Crippen molar-refractivity contribution < 1.29 is 14.0 Å². The quantitative estimate of drug-likeness (QED) is 0.626. The molecule has 2 aliphatic heterocycles. The molecule has 1 aromatic heterocycles. The number of anilines is 3. The molecule has 0 radical (unpaired) electrons. The largest absolute Gasteiger partial charge is 0.343 e. The first kappa shape index (κ1) is 22.0. The van der Waals surface area contributed by atoms with Crippen molar-refractivity contribution in [3.05, 3.63) is 77.0 Å². The standard InChI is InChI=1S/C26H26FN5O2/c1-16-23-24(32-15-3-4-21(32)26(34)31(23)2)30-22(28-16)14-7-17-5-8-18(9-6-17)25(33)29-20-12-10-19(27)11-13-20/h5-6,8-13,21H,3-4,7,14-15H2,1-2H3,(H,29,33). The number of hydrogen-bond donors (Lipinski definition) is 1. The van der Waals surface area contributed by atoms with Crippen LogP contribution in [0.4, 0.5) is 21.6 Å². The summed E-state index contributed by atoms with van der Waals surface area (Å²) < 4.78 is 13.0. The molecule has 2 aromatic carbocycles. The third kappa shape index (κ3) is 4.11. The van der Waals surface area contributed by atoms with E-state index in [1.54, 1.807) is 24.1 Å². The minimum absolute atomic E-state index is 0.117. The lowest BCUT2D eigenvalue weighted by Crippen LogP contribution is -2.50. The van der Waals surface area contributed by atoms with Crippen molar-refractivity contribution in [1.82, 2.24) is 9.97 Å². The Labute approximate surface area is 197 Å². The van der Waals surface area contributed by atoms with Crippen LogP contribution in [0, 0.1) is 12.7 Å². The summed E-state index contributed by atoms with van der Waals surface area (Å²) in [6.07, 6.45) is 3.24. The van der Waals surface area contributed by atoms with Gasteiger partial charge in [0.05, 0.1) is 5.69 Å². The lowest BCUT2D eigenvalue weighted by Gasteiger charge is -2.37. The van der Waals surface area contributed by atoms with Crippen LogP contribution in [0.1, 0.15) is 40.3 Å². The predicted molar refractivity (Wildman–Crippen MR) is 129 cm³/mol. The van der Waals surface area contributed by atoms with Gasteiger partial charge in [-0.1, -0.05) is 12.1 Å². The van der Waals surface area contributed by atoms with E-state index in [4.69, 9.17) is 4.98 Å². The third-order valence-electron chi connectivity index (χ3n) is 6.52. The van der Waals surface area contributed by atoms with E-state index in [-0.39, 0.29) is 23.7 Å². The normalized spacial score (nSPS) is 16.9. The Balaban J connectivity index is 1.27. The SMILES string of the molecule is Cc1nc(CCc2ccc(C(=O)Nc3ccc(F)cc3)cc2)nc2c1N(C)C(=O)C1CCCN21. The van der Waals surface area contributed by atoms with Crippen LogP contribution in [0.3, 0.4) is 0 Å². The van der Waals surface area contributed by atoms with Gasteiger partial charge in [-0.15, -0.1) is 0 Å². The summed E-state index contributed by atoms with van der Waals surface area (Å²) in [4.78, 5) is 38.5. The second kappa shape index (κ2) is 8.85. The summed E-state index contributed by atoms with van der Waals surface area (Å²) >= 11 is 0. The molecule has 0 saturated carbocycles. The molecular weight excluding hydrogens is 433 g/mol. The molecule has 7 nitrogen and oxygen atoms in total. The van der Waals surface area contributed by atoms with Crippen LogP contribution in [0.15, 0.2) is 48.5 Å². The lowest BCUT2D eigenvalue weighted by atomic mass is 10.1. The Morgan fingerprint density at radius 3 is 2.56 bits per heavy atom. The third-order valence-corrected chi connectivity index (χ3v) is 6.52. The van der Waals surface area contributed by atoms with E-state index < -0.39 is 0 Å². The van der Waals surface area contributed by atoms with Crippen molar-refractivity contribution in [2.24, 2.45) is 0 Å². The highest BCUT2D eigenvalue weighted by Gasteiger charge is 2.41. The molecule has 1 N–H and O–H groups in total. The fourth-order valence-corrected chi connectivity index (χ4v) is 4.74. The number of nitrogens with one attached hydrogen (secondary N) is 1. The lowest BCUT2D eigenvalue weighted by molar-refractivity contribution is -0.119. The summed E-state index contributed by atoms with van der Waals surface area (Å²) in [6.45, 7) is 2.77. The van der Waals surface area contributed by atoms with E-state index >= 15 is 0 Å². The molecule has 0 aliphatic carbocycles. The average molecular weight is 460 g/mol. The smallest absolute Gasteiger partial charge is 0.255 e. The number of amides is 2. The first-order valence-corrected chi connectivity index (χ1v) is 11.5. The number of aryl methyl sites for hydroxylation is 3. The molecule has 1 unspecified atom stereocenters. The zero-order valence-electron chi connectivity index (χ0n) is 19.2. The van der Waals surface area contributed by atoms with E-state index in [0.717, 1.165) is 54.4 Å². The summed E-state index contributed by atoms with van der Waals surface area (Å²) in [7, 11) is 1.81. The molecule has 3 aromatic rings. The summed E-state index contributed by atoms with van der Waals surface area (Å²) in [5.74, 6) is 1.14. The molecule has 1 saturated heterocycles. The summed E-state index contributed by atoms with van der Waals surface area (Å²) in [5, 5.41) is 2.76. The second-order valence-corrected chi connectivity index (χ2v) is 8.80. The van der Waals surface area contributed by atoms with E-state index in [1.165, 1.54) is 24.3 Å². The van der Waals surface area contributed by atoms with Gasteiger partial charge in [-0.05, 0) is 68.1 Å². The number of carbonyl (C=O) groups excluding carboxylic acids is 2. The van der Waals surface area contributed by atoms with Crippen LogP contribution in [-0.2, 0) is 17.6 Å². The van der Waals surface area contributed by atoms with Crippen LogP contribution >= 0.6 is 0 Å². The molecule has 1 atom stereocenters. The Morgan fingerprint density at radius 1 is 1.09 bits per heavy atom. The minimum Gasteiger partial charge on any atom is -0.343 e. The van der Waals surface area contributed by atoms with E-state index in [0.29, 0.717) is 17.7 Å². The van der Waals surface area contributed by atoms with Crippen molar-refractivity contribution >= 4 is 29.0 Å². The maximum absolute atomic E-state index is 13.0. The molecule has 0 bridgehead atoms. The zero-order chi connectivity index (χ0) is 23.8. The monoisotopic (exact) mass is 459 g/mol. The molecule has 34 heavy (non-hydrogen) atoms. The number of carbonyl (C=O) groups is 2. The van der Waals surface area contributed by atoms with Gasteiger partial charge in [0.25, 0.3) is 5.91 Å². The molecular formula is C26H26FN5O2. The highest BCUT2D eigenvalue weighted by molar-refractivity contribution is 6.05. The maximum Gasteiger partial charge on any atom is 0.255 e. The van der Waals surface area contributed by atoms with Crippen LogP contribution < -0.4 is 15.1 Å². The van der Waals surface area contributed by atoms with Gasteiger partial charge in [0, 0.05) is 31.3 Å². The Hall–Kier alpha value is -3.81. The van der Waals surface area contributed by atoms with E-state index in [9.17, 15) is 14.0 Å². The van der Waals surface area contributed by atoms with Gasteiger partial charge in [0.2, 0.25) is 5.91 Å². The fourth-order valence-electron chi connectivity index (χ4n) is 4.74. The predicted octanol–water partition coefficient (Wildman–Crippen LogP) is 3.91. The van der Waals surface area contributed by atoms with Crippen LogP contribution in [0.5, 0.6) is 0 Å². The molecule has 5 rings (SSSR count). The van der Waals surface area contributed by atoms with Crippen molar-refractivity contribution in [2.75, 3.05) is 28.7 Å². The fraction of sp³-hybridized carbons (Fsp3) is 0.308. The first-order chi connectivity index (χ1) is 16.4. The van der Waals surface area contributed by atoms with Crippen molar-refractivity contribution in [3.8, 4) is 0 Å². The number of aromatic nitrogens is 2. The van der Waals surface area contributed by atoms with Crippen LogP contribution in [-0.4, -0.2) is 41.4 Å². The van der Waals surface area contributed by atoms with Crippen molar-refractivity contribution in [1.29, 1.82) is 0 Å². The van der Waals surface area contributed by atoms with E-state index in [1.807, 2.05) is 19.1 Å². The van der Waals surface area contributed by atoms with Crippen LogP contribution in [0.2, 0.25) is 0 Å². The molecule has 2 amide bonds. The Bertz CT molecular complexity index is 1240. The van der Waals surface area contributed by atoms with Crippen LogP contribution in [0.25, 0.3) is 0 Å². The number of hydrogen-bond acceptors (Lipinski definition) is 5. The van der Waals surface area contributed by atoms with E-state index in [2.05, 4.69) is 15.2 Å². The van der Waals surface area contributed by atoms with Crippen molar-refractivity contribution in [3.63, 3.8) is 0 Å². The van der Waals surface area contributed by atoms with Gasteiger partial charge in [0.1, 0.15) is 23.4 Å². The van der Waals surface area contributed by atoms with Gasteiger partial charge in [-0.25, -0.2) is 14.4 Å². The molecule has 174 valence electrons. The number of halogens is 1. The van der Waals surface area contributed by atoms with Gasteiger partial charge in [-0.3, -0.25) is 9.59 Å². The maximum atomic E-state index is 13.0. The molecule has 0 spiro atoms. The number of likely N-dealkylation sites (N-methyl/N-ethyl adjacent to an activating group) is 1. The first-order valence-electron chi connectivity index (χ1n) is 11.5. The summed E-state index contributed by atoms with van der Waals surface area (Å²) in [5.41, 5.74) is 3.77. The van der Waals surface area contributed by atoms with Crippen molar-refractivity contribution in [2.45, 2.75) is 38.6 Å². The Morgan fingerprint density at radius 2 is 1.82 bits per heavy atom. The van der Waals surface area contributed by atoms with Gasteiger partial charge >= 0.3 is 0 Å². The number of fused-ring (bicyclic) bond motifs is 3. The Kier molecular flexibility index (Phi) is 5.73. The zero-order valence-corrected chi connectivity index (χ0v) is 19.2. The topological polar surface area (TPSA) is 78.4 Å². The molecule has 2 aliphatic rings. The van der Waals surface area contributed by atoms with Gasteiger partial charge in [0.15, 0.2) is 5.82 Å².